The zero-order chi connectivity index (χ0) is 28.5. The lowest BCUT2D eigenvalue weighted by atomic mass is 10.0. The number of thiazole rings is 1. The molecule has 0 bridgehead atoms. The fourth-order valence-electron chi connectivity index (χ4n) is 4.57. The number of rotatable bonds is 8. The number of imide groups is 1. The van der Waals surface area contributed by atoms with Crippen LogP contribution in [0.5, 0.6) is 0 Å². The van der Waals surface area contributed by atoms with E-state index in [-0.39, 0.29) is 23.0 Å². The van der Waals surface area contributed by atoms with Crippen molar-refractivity contribution < 1.29 is 38.2 Å². The van der Waals surface area contributed by atoms with E-state index in [4.69, 9.17) is 13.9 Å². The van der Waals surface area contributed by atoms with Crippen LogP contribution in [0.15, 0.2) is 82.2 Å². The molecule has 0 radical (unpaired) electrons. The zero-order valence-corrected chi connectivity index (χ0v) is 21.9. The summed E-state index contributed by atoms with van der Waals surface area (Å²) in [6.45, 7) is 0. The molecule has 13 nitrogen and oxygen atoms in total. The number of amides is 4. The quantitative estimate of drug-likeness (QED) is 0.338. The Morgan fingerprint density at radius 2 is 2.15 bits per heavy atom. The number of benzene rings is 1. The fraction of sp³-hybridized carbons (Fsp3) is 0.185. The largest absolute Gasteiger partial charge is 0.476 e. The van der Waals surface area contributed by atoms with Crippen LogP contribution in [0.3, 0.4) is 0 Å². The van der Waals surface area contributed by atoms with Crippen LogP contribution in [0.25, 0.3) is 11.1 Å². The van der Waals surface area contributed by atoms with Gasteiger partial charge in [0.1, 0.15) is 24.1 Å². The Morgan fingerprint density at radius 1 is 1.27 bits per heavy atom. The SMILES string of the molecule is O=C(O)c1csc(NC(=O)[C@H](Cc2ccc3ocnc3c2)N2C(=O)NC(C3=COC=C(C4=CC=CCC4)O3)C2=O)n1. The number of urea groups is 1. The number of anilines is 1. The molecule has 1 aromatic carbocycles. The fourth-order valence-corrected chi connectivity index (χ4v) is 5.26. The Morgan fingerprint density at radius 3 is 2.93 bits per heavy atom. The minimum atomic E-state index is -1.33. The van der Waals surface area contributed by atoms with Crippen LogP contribution < -0.4 is 10.6 Å². The van der Waals surface area contributed by atoms with E-state index in [1.54, 1.807) is 18.2 Å². The third-order valence-corrected chi connectivity index (χ3v) is 7.32. The lowest BCUT2D eigenvalue weighted by Gasteiger charge is -2.25. The number of aromatic nitrogens is 2. The minimum absolute atomic E-state index is 0.00395. The first kappa shape index (κ1) is 26.0. The lowest BCUT2D eigenvalue weighted by Crippen LogP contribution is -2.49. The van der Waals surface area contributed by atoms with Crippen molar-refractivity contribution in [3.05, 3.63) is 89.1 Å². The van der Waals surface area contributed by atoms with Crippen molar-refractivity contribution in [2.24, 2.45) is 0 Å². The molecule has 0 spiro atoms. The van der Waals surface area contributed by atoms with E-state index in [0.29, 0.717) is 28.8 Å². The monoisotopic (exact) mass is 575 g/mol. The molecular weight excluding hydrogens is 554 g/mol. The maximum absolute atomic E-state index is 13.7. The molecular formula is C27H21N5O8S. The van der Waals surface area contributed by atoms with Crippen LogP contribution >= 0.6 is 11.3 Å². The normalized spacial score (nSPS) is 19.1. The Labute approximate surface area is 235 Å². The van der Waals surface area contributed by atoms with Gasteiger partial charge in [-0.15, -0.1) is 11.3 Å². The zero-order valence-electron chi connectivity index (χ0n) is 21.1. The van der Waals surface area contributed by atoms with Gasteiger partial charge < -0.3 is 29.6 Å². The van der Waals surface area contributed by atoms with Crippen LogP contribution in [0.4, 0.5) is 9.93 Å². The first-order chi connectivity index (χ1) is 19.9. The van der Waals surface area contributed by atoms with Crippen molar-refractivity contribution in [2.75, 3.05) is 5.32 Å². The highest BCUT2D eigenvalue weighted by Crippen LogP contribution is 2.30. The van der Waals surface area contributed by atoms with Gasteiger partial charge in [0, 0.05) is 11.8 Å². The Bertz CT molecular complexity index is 1700. The van der Waals surface area contributed by atoms with Gasteiger partial charge in [-0.2, -0.15) is 0 Å². The molecule has 3 N–H and O–H groups in total. The molecule has 3 aromatic rings. The number of ether oxygens (including phenoxy) is 2. The average Bonchev–Trinajstić information content (AvgIpc) is 3.71. The molecule has 1 saturated heterocycles. The molecule has 1 fully saturated rings. The second-order valence-corrected chi connectivity index (χ2v) is 10.1. The van der Waals surface area contributed by atoms with Gasteiger partial charge in [0.05, 0.1) is 0 Å². The summed E-state index contributed by atoms with van der Waals surface area (Å²) >= 11 is 0.902. The number of nitrogens with one attached hydrogen (secondary N) is 2. The highest BCUT2D eigenvalue weighted by atomic mass is 32.1. The molecule has 1 unspecified atom stereocenters. The van der Waals surface area contributed by atoms with Gasteiger partial charge in [-0.1, -0.05) is 24.3 Å². The van der Waals surface area contributed by atoms with Crippen molar-refractivity contribution in [1.29, 1.82) is 0 Å². The summed E-state index contributed by atoms with van der Waals surface area (Å²) < 4.78 is 16.7. The molecule has 6 rings (SSSR count). The predicted molar refractivity (Wildman–Crippen MR) is 143 cm³/mol. The molecule has 2 aromatic heterocycles. The van der Waals surface area contributed by atoms with Gasteiger partial charge in [-0.05, 0) is 36.1 Å². The molecule has 41 heavy (non-hydrogen) atoms. The van der Waals surface area contributed by atoms with Crippen LogP contribution in [-0.2, 0) is 25.5 Å². The van der Waals surface area contributed by atoms with E-state index >= 15 is 0 Å². The van der Waals surface area contributed by atoms with E-state index in [0.717, 1.165) is 28.2 Å². The number of carboxylic acids is 1. The molecule has 4 heterocycles. The lowest BCUT2D eigenvalue weighted by molar-refractivity contribution is -0.134. The molecule has 2 aliphatic heterocycles. The van der Waals surface area contributed by atoms with Crippen molar-refractivity contribution >= 4 is 51.4 Å². The number of carboxylic acid groups (broad SMARTS) is 1. The van der Waals surface area contributed by atoms with E-state index in [1.807, 2.05) is 18.2 Å². The van der Waals surface area contributed by atoms with Gasteiger partial charge in [-0.3, -0.25) is 9.59 Å². The van der Waals surface area contributed by atoms with Gasteiger partial charge in [0.2, 0.25) is 5.91 Å². The number of nitrogens with zero attached hydrogens (tertiary/aromatic N) is 3. The average molecular weight is 576 g/mol. The molecule has 14 heteroatoms. The molecule has 0 saturated carbocycles. The summed E-state index contributed by atoms with van der Waals surface area (Å²) in [4.78, 5) is 60.5. The first-order valence-electron chi connectivity index (χ1n) is 12.4. The number of carbonyl (C=O) groups is 4. The predicted octanol–water partition coefficient (Wildman–Crippen LogP) is 3.46. The van der Waals surface area contributed by atoms with Gasteiger partial charge in [0.25, 0.3) is 5.91 Å². The van der Waals surface area contributed by atoms with Crippen molar-refractivity contribution in [3.8, 4) is 0 Å². The number of carbonyl (C=O) groups excluding carboxylic acids is 3. The van der Waals surface area contributed by atoms with Gasteiger partial charge in [-0.25, -0.2) is 24.5 Å². The number of aromatic carboxylic acids is 1. The highest BCUT2D eigenvalue weighted by molar-refractivity contribution is 7.14. The van der Waals surface area contributed by atoms with E-state index in [9.17, 15) is 24.3 Å². The number of allylic oxidation sites excluding steroid dienone is 4. The summed E-state index contributed by atoms with van der Waals surface area (Å²) in [5, 5.41) is 15.6. The highest BCUT2D eigenvalue weighted by Gasteiger charge is 2.47. The smallest absolute Gasteiger partial charge is 0.355 e. The second kappa shape index (κ2) is 10.7. The van der Waals surface area contributed by atoms with Crippen molar-refractivity contribution in [3.63, 3.8) is 0 Å². The van der Waals surface area contributed by atoms with E-state index in [1.165, 1.54) is 24.3 Å². The number of hydrogen-bond acceptors (Lipinski definition) is 10. The van der Waals surface area contributed by atoms with Crippen molar-refractivity contribution in [1.82, 2.24) is 20.2 Å². The summed E-state index contributed by atoms with van der Waals surface area (Å²) in [6.07, 6.45) is 11.2. The summed E-state index contributed by atoms with van der Waals surface area (Å²) in [7, 11) is 0. The molecule has 2 atom stereocenters. The van der Waals surface area contributed by atoms with Crippen LogP contribution in [-0.4, -0.2) is 55.9 Å². The standard InChI is InChI=1S/C27H21N5O8S/c33-23(31-26-29-17(12-41-26)25(35)36)18(9-14-6-7-19-16(8-14)28-13-39-19)32-24(34)22(30-27(32)37)21-11-38-10-20(40-21)15-4-2-1-3-5-15/h1-2,4,6-8,10-13,18,22H,3,5,9H2,(H,30,37)(H,35,36)(H,29,31,33)/t18-,22?/m0/s1. The molecule has 3 aliphatic rings. The second-order valence-electron chi connectivity index (χ2n) is 9.20. The van der Waals surface area contributed by atoms with Crippen LogP contribution in [0.1, 0.15) is 28.9 Å². The molecule has 4 amide bonds. The first-order valence-corrected chi connectivity index (χ1v) is 13.3. The Kier molecular flexibility index (Phi) is 6.81. The number of oxazole rings is 1. The molecule has 208 valence electrons. The van der Waals surface area contributed by atoms with Crippen LogP contribution in [0, 0.1) is 0 Å². The maximum Gasteiger partial charge on any atom is 0.355 e. The number of fused-ring (bicyclic) bond motifs is 1. The summed E-state index contributed by atoms with van der Waals surface area (Å²) in [5.74, 6) is -2.24. The Hall–Kier alpha value is -5.24. The Balaban J connectivity index is 1.26. The van der Waals surface area contributed by atoms with E-state index < -0.39 is 35.9 Å². The van der Waals surface area contributed by atoms with E-state index in [2.05, 4.69) is 20.6 Å². The number of hydrogen-bond donors (Lipinski definition) is 3. The third kappa shape index (κ3) is 5.19. The van der Waals surface area contributed by atoms with Crippen molar-refractivity contribution in [2.45, 2.75) is 31.3 Å². The van der Waals surface area contributed by atoms with Crippen LogP contribution in [0.2, 0.25) is 0 Å². The maximum atomic E-state index is 13.7. The minimum Gasteiger partial charge on any atom is -0.476 e. The third-order valence-electron chi connectivity index (χ3n) is 6.56. The summed E-state index contributed by atoms with van der Waals surface area (Å²) in [5.41, 5.74) is 2.29. The van der Waals surface area contributed by atoms with Gasteiger partial charge in [0.15, 0.2) is 40.4 Å². The summed E-state index contributed by atoms with van der Waals surface area (Å²) in [6, 6.07) is 1.67. The van der Waals surface area contributed by atoms with Gasteiger partial charge >= 0.3 is 12.0 Å². The topological polar surface area (TPSA) is 173 Å². The molecule has 1 aliphatic carbocycles.